The Balaban J connectivity index is 1.78. The number of hydrogen-bond acceptors (Lipinski definition) is 2. The number of amides is 1. The van der Waals surface area contributed by atoms with Crippen LogP contribution in [0.3, 0.4) is 0 Å². The third kappa shape index (κ3) is 5.39. The second-order valence-electron chi connectivity index (χ2n) is 4.99. The van der Waals surface area contributed by atoms with Gasteiger partial charge < -0.3 is 5.32 Å². The number of carbonyl (C=O) groups excluding carboxylic acids is 1. The van der Waals surface area contributed by atoms with Crippen molar-refractivity contribution >= 4 is 29.3 Å². The quantitative estimate of drug-likeness (QED) is 0.715. The van der Waals surface area contributed by atoms with Gasteiger partial charge in [0.2, 0.25) is 5.91 Å². The highest BCUT2D eigenvalue weighted by Crippen LogP contribution is 2.21. The molecule has 1 N–H and O–H groups in total. The van der Waals surface area contributed by atoms with Gasteiger partial charge in [-0.2, -0.15) is 0 Å². The van der Waals surface area contributed by atoms with E-state index >= 15 is 0 Å². The van der Waals surface area contributed by atoms with Gasteiger partial charge >= 0.3 is 0 Å². The molecule has 1 atom stereocenters. The predicted molar refractivity (Wildman–Crippen MR) is 94.4 cm³/mol. The molecule has 2 rings (SSSR count). The Morgan fingerprint density at radius 1 is 1.14 bits per heavy atom. The molecule has 0 bridgehead atoms. The average molecular weight is 334 g/mol. The fourth-order valence-corrected chi connectivity index (χ4v) is 3.14. The van der Waals surface area contributed by atoms with E-state index in [2.05, 4.69) is 24.4 Å². The number of nitrogens with one attached hydrogen (secondary N) is 1. The van der Waals surface area contributed by atoms with Crippen LogP contribution in [0, 0.1) is 0 Å². The minimum atomic E-state index is 0.0919. The summed E-state index contributed by atoms with van der Waals surface area (Å²) in [6, 6.07) is 17.9. The van der Waals surface area contributed by atoms with E-state index in [-0.39, 0.29) is 11.9 Å². The first kappa shape index (κ1) is 16.9. The molecule has 4 heteroatoms. The van der Waals surface area contributed by atoms with Crippen molar-refractivity contribution in [3.05, 3.63) is 65.2 Å². The highest BCUT2D eigenvalue weighted by Gasteiger charge is 2.12. The number of halogens is 1. The summed E-state index contributed by atoms with van der Waals surface area (Å²) in [4.78, 5) is 13.2. The molecule has 0 saturated heterocycles. The molecule has 0 aliphatic rings. The molecule has 22 heavy (non-hydrogen) atoms. The molecule has 0 fully saturated rings. The summed E-state index contributed by atoms with van der Waals surface area (Å²) in [5.41, 5.74) is 1.16. The van der Waals surface area contributed by atoms with Gasteiger partial charge in [-0.05, 0) is 36.2 Å². The van der Waals surface area contributed by atoms with Gasteiger partial charge in [-0.15, -0.1) is 11.8 Å². The van der Waals surface area contributed by atoms with E-state index in [4.69, 9.17) is 11.6 Å². The molecular formula is C18H20ClNOS. The van der Waals surface area contributed by atoms with Crippen molar-refractivity contribution in [1.29, 1.82) is 0 Å². The van der Waals surface area contributed by atoms with E-state index in [9.17, 15) is 4.79 Å². The molecular weight excluding hydrogens is 314 g/mol. The number of benzene rings is 2. The van der Waals surface area contributed by atoms with Crippen molar-refractivity contribution in [3.63, 3.8) is 0 Å². The van der Waals surface area contributed by atoms with E-state index < -0.39 is 0 Å². The Labute approximate surface area is 141 Å². The lowest BCUT2D eigenvalue weighted by atomic mass is 10.0. The van der Waals surface area contributed by atoms with Crippen LogP contribution in [0.5, 0.6) is 0 Å². The van der Waals surface area contributed by atoms with Crippen molar-refractivity contribution in [2.24, 2.45) is 0 Å². The lowest BCUT2D eigenvalue weighted by Crippen LogP contribution is -2.28. The Kier molecular flexibility index (Phi) is 6.81. The summed E-state index contributed by atoms with van der Waals surface area (Å²) in [6.45, 7) is 2.08. The predicted octanol–water partition coefficient (Wildman–Crippen LogP) is 5.09. The average Bonchev–Trinajstić information content (AvgIpc) is 2.55. The maximum absolute atomic E-state index is 12.1. The normalized spacial score (nSPS) is 11.9. The van der Waals surface area contributed by atoms with Gasteiger partial charge in [0, 0.05) is 22.1 Å². The van der Waals surface area contributed by atoms with Gasteiger partial charge in [-0.1, -0.05) is 48.9 Å². The van der Waals surface area contributed by atoms with E-state index in [1.54, 1.807) is 11.8 Å². The SMILES string of the molecule is CCC(NC(=O)CCSc1ccc(Cl)cc1)c1ccccc1. The van der Waals surface area contributed by atoms with Gasteiger partial charge in [0.15, 0.2) is 0 Å². The minimum Gasteiger partial charge on any atom is -0.349 e. The largest absolute Gasteiger partial charge is 0.349 e. The van der Waals surface area contributed by atoms with Gasteiger partial charge in [-0.3, -0.25) is 4.79 Å². The van der Waals surface area contributed by atoms with Crippen LogP contribution in [0.15, 0.2) is 59.5 Å². The maximum atomic E-state index is 12.1. The van der Waals surface area contributed by atoms with Crippen LogP contribution < -0.4 is 5.32 Å². The molecule has 0 spiro atoms. The molecule has 0 aromatic heterocycles. The number of rotatable bonds is 7. The summed E-state index contributed by atoms with van der Waals surface area (Å²) in [7, 11) is 0. The van der Waals surface area contributed by atoms with Crippen LogP contribution in [0.2, 0.25) is 5.02 Å². The lowest BCUT2D eigenvalue weighted by molar-refractivity contribution is -0.121. The summed E-state index contributed by atoms with van der Waals surface area (Å²) >= 11 is 7.52. The maximum Gasteiger partial charge on any atom is 0.221 e. The molecule has 0 saturated carbocycles. The lowest BCUT2D eigenvalue weighted by Gasteiger charge is -2.17. The van der Waals surface area contributed by atoms with Gasteiger partial charge in [0.25, 0.3) is 0 Å². The van der Waals surface area contributed by atoms with Crippen LogP contribution in [0.25, 0.3) is 0 Å². The Morgan fingerprint density at radius 3 is 2.45 bits per heavy atom. The van der Waals surface area contributed by atoms with E-state index in [1.165, 1.54) is 0 Å². The topological polar surface area (TPSA) is 29.1 Å². The zero-order valence-electron chi connectivity index (χ0n) is 12.6. The third-order valence-corrected chi connectivity index (χ3v) is 4.62. The van der Waals surface area contributed by atoms with Crippen LogP contribution in [0.1, 0.15) is 31.4 Å². The standard InChI is InChI=1S/C18H20ClNOS/c1-2-17(14-6-4-3-5-7-14)20-18(21)12-13-22-16-10-8-15(19)9-11-16/h3-11,17H,2,12-13H2,1H3,(H,20,21). The molecule has 0 aliphatic carbocycles. The van der Waals surface area contributed by atoms with Gasteiger partial charge in [-0.25, -0.2) is 0 Å². The molecule has 1 amide bonds. The second kappa shape index (κ2) is 8.86. The smallest absolute Gasteiger partial charge is 0.221 e. The van der Waals surface area contributed by atoms with Crippen molar-refractivity contribution in [1.82, 2.24) is 5.32 Å². The minimum absolute atomic E-state index is 0.0919. The Bertz CT molecular complexity index is 586. The highest BCUT2D eigenvalue weighted by atomic mass is 35.5. The first-order chi connectivity index (χ1) is 10.7. The Morgan fingerprint density at radius 2 is 1.82 bits per heavy atom. The van der Waals surface area contributed by atoms with E-state index in [1.807, 2.05) is 42.5 Å². The van der Waals surface area contributed by atoms with Crippen LogP contribution in [-0.4, -0.2) is 11.7 Å². The summed E-state index contributed by atoms with van der Waals surface area (Å²) < 4.78 is 0. The van der Waals surface area contributed by atoms with Crippen molar-refractivity contribution < 1.29 is 4.79 Å². The second-order valence-corrected chi connectivity index (χ2v) is 6.60. The first-order valence-electron chi connectivity index (χ1n) is 7.41. The molecule has 0 aliphatic heterocycles. The monoisotopic (exact) mass is 333 g/mol. The molecule has 0 heterocycles. The zero-order valence-corrected chi connectivity index (χ0v) is 14.2. The van der Waals surface area contributed by atoms with Crippen LogP contribution in [0.4, 0.5) is 0 Å². The number of thioether (sulfide) groups is 1. The van der Waals surface area contributed by atoms with Gasteiger partial charge in [0.05, 0.1) is 6.04 Å². The summed E-state index contributed by atoms with van der Waals surface area (Å²) in [5.74, 6) is 0.857. The third-order valence-electron chi connectivity index (χ3n) is 3.36. The van der Waals surface area contributed by atoms with E-state index in [0.29, 0.717) is 6.42 Å². The number of hydrogen-bond donors (Lipinski definition) is 1. The summed E-state index contributed by atoms with van der Waals surface area (Å²) in [5, 5.41) is 3.84. The van der Waals surface area contributed by atoms with Crippen LogP contribution >= 0.6 is 23.4 Å². The van der Waals surface area contributed by atoms with Gasteiger partial charge in [0.1, 0.15) is 0 Å². The molecule has 2 aromatic rings. The van der Waals surface area contributed by atoms with Crippen molar-refractivity contribution in [2.45, 2.75) is 30.7 Å². The fraction of sp³-hybridized carbons (Fsp3) is 0.278. The number of carbonyl (C=O) groups is 1. The Hall–Kier alpha value is -1.45. The van der Waals surface area contributed by atoms with Crippen molar-refractivity contribution in [2.75, 3.05) is 5.75 Å². The highest BCUT2D eigenvalue weighted by molar-refractivity contribution is 7.99. The molecule has 2 nitrogen and oxygen atoms in total. The molecule has 2 aromatic carbocycles. The molecule has 0 radical (unpaired) electrons. The van der Waals surface area contributed by atoms with Crippen LogP contribution in [-0.2, 0) is 4.79 Å². The first-order valence-corrected chi connectivity index (χ1v) is 8.78. The summed E-state index contributed by atoms with van der Waals surface area (Å²) in [6.07, 6.45) is 1.40. The molecule has 116 valence electrons. The molecule has 1 unspecified atom stereocenters. The van der Waals surface area contributed by atoms with Crippen molar-refractivity contribution in [3.8, 4) is 0 Å². The zero-order chi connectivity index (χ0) is 15.8. The fourth-order valence-electron chi connectivity index (χ4n) is 2.17. The van der Waals surface area contributed by atoms with E-state index in [0.717, 1.165) is 27.7 Å².